The minimum atomic E-state index is -0.239. The van der Waals surface area contributed by atoms with Crippen LogP contribution in [0, 0.1) is 5.92 Å². The summed E-state index contributed by atoms with van der Waals surface area (Å²) in [5.74, 6) is 0.976. The summed E-state index contributed by atoms with van der Waals surface area (Å²) >= 11 is 0. The Morgan fingerprint density at radius 2 is 2.06 bits per heavy atom. The molecule has 1 saturated carbocycles. The molecule has 2 N–H and O–H groups in total. The van der Waals surface area contributed by atoms with Crippen LogP contribution >= 0.6 is 0 Å². The molecule has 2 rings (SSSR count). The topological polar surface area (TPSA) is 44.7 Å². The maximum absolute atomic E-state index is 9.84. The number of hydrogen-bond acceptors (Lipinski definition) is 4. The van der Waals surface area contributed by atoms with Crippen LogP contribution in [0.15, 0.2) is 0 Å². The van der Waals surface area contributed by atoms with Crippen molar-refractivity contribution in [3.8, 4) is 0 Å². The molecule has 2 fully saturated rings. The number of nitrogens with one attached hydrogen (secondary N) is 1. The highest BCUT2D eigenvalue weighted by Crippen LogP contribution is 2.31. The Bertz CT molecular complexity index is 191. The van der Waals surface area contributed by atoms with E-state index in [1.807, 2.05) is 0 Å². The summed E-state index contributed by atoms with van der Waals surface area (Å²) in [4.78, 5) is 2.27. The molecule has 1 aliphatic carbocycles. The van der Waals surface area contributed by atoms with Gasteiger partial charge in [-0.2, -0.15) is 0 Å². The van der Waals surface area contributed by atoms with Gasteiger partial charge in [-0.1, -0.05) is 12.8 Å². The quantitative estimate of drug-likeness (QED) is 0.605. The Balaban J connectivity index is 1.47. The van der Waals surface area contributed by atoms with Crippen molar-refractivity contribution in [1.82, 2.24) is 10.2 Å². The van der Waals surface area contributed by atoms with Gasteiger partial charge in [0, 0.05) is 26.2 Å². The first kappa shape index (κ1) is 12.3. The van der Waals surface area contributed by atoms with Crippen molar-refractivity contribution in [2.75, 3.05) is 45.9 Å². The van der Waals surface area contributed by atoms with E-state index in [2.05, 4.69) is 10.2 Å². The maximum atomic E-state index is 9.84. The van der Waals surface area contributed by atoms with Gasteiger partial charge in [0.25, 0.3) is 0 Å². The third-order valence-corrected chi connectivity index (χ3v) is 3.38. The second-order valence-electron chi connectivity index (χ2n) is 5.00. The molecule has 0 aromatic carbocycles. The Hall–Kier alpha value is -0.160. The molecular weight excluding hydrogens is 204 g/mol. The second kappa shape index (κ2) is 6.55. The lowest BCUT2D eigenvalue weighted by Gasteiger charge is -2.28. The summed E-state index contributed by atoms with van der Waals surface area (Å²) in [5.41, 5.74) is 0. The predicted molar refractivity (Wildman–Crippen MR) is 63.5 cm³/mol. The third kappa shape index (κ3) is 4.78. The summed E-state index contributed by atoms with van der Waals surface area (Å²) in [6.45, 7) is 6.09. The van der Waals surface area contributed by atoms with Crippen molar-refractivity contribution in [1.29, 1.82) is 0 Å². The Labute approximate surface area is 98.0 Å². The number of nitrogens with zero attached hydrogens (tertiary/aromatic N) is 1. The highest BCUT2D eigenvalue weighted by Gasteiger charge is 2.20. The van der Waals surface area contributed by atoms with E-state index in [0.29, 0.717) is 0 Å². The van der Waals surface area contributed by atoms with Gasteiger partial charge in [-0.15, -0.1) is 0 Å². The lowest BCUT2D eigenvalue weighted by molar-refractivity contribution is 0.0149. The van der Waals surface area contributed by atoms with Gasteiger partial charge in [0.1, 0.15) is 0 Å². The average molecular weight is 228 g/mol. The van der Waals surface area contributed by atoms with E-state index in [-0.39, 0.29) is 6.10 Å². The molecule has 0 bridgehead atoms. The predicted octanol–water partition coefficient (Wildman–Crippen LogP) is 0.0692. The van der Waals surface area contributed by atoms with Crippen molar-refractivity contribution in [2.45, 2.75) is 25.4 Å². The summed E-state index contributed by atoms with van der Waals surface area (Å²) in [5, 5.41) is 13.2. The molecule has 1 heterocycles. The number of aliphatic hydroxyl groups is 1. The standard InChI is InChI=1S/C12H24N2O2/c15-12(9-13-4-3-11-1-2-11)10-14-5-7-16-8-6-14/h11-13,15H,1-10H2. The van der Waals surface area contributed by atoms with Crippen molar-refractivity contribution >= 4 is 0 Å². The molecule has 0 spiro atoms. The lowest BCUT2D eigenvalue weighted by atomic mass is 10.2. The van der Waals surface area contributed by atoms with E-state index in [1.165, 1.54) is 19.3 Å². The summed E-state index contributed by atoms with van der Waals surface area (Å²) in [6, 6.07) is 0. The van der Waals surface area contributed by atoms with E-state index in [9.17, 15) is 5.11 Å². The molecule has 4 heteroatoms. The van der Waals surface area contributed by atoms with Crippen LogP contribution < -0.4 is 5.32 Å². The van der Waals surface area contributed by atoms with Crippen molar-refractivity contribution in [2.24, 2.45) is 5.92 Å². The van der Waals surface area contributed by atoms with Gasteiger partial charge in [0.15, 0.2) is 0 Å². The van der Waals surface area contributed by atoms with E-state index in [1.54, 1.807) is 0 Å². The average Bonchev–Trinajstić information content (AvgIpc) is 3.10. The fourth-order valence-corrected chi connectivity index (χ4v) is 2.13. The van der Waals surface area contributed by atoms with Gasteiger partial charge in [-0.05, 0) is 18.9 Å². The first-order valence-electron chi connectivity index (χ1n) is 6.53. The van der Waals surface area contributed by atoms with Crippen LogP contribution in [0.3, 0.4) is 0 Å². The Kier molecular flexibility index (Phi) is 5.03. The molecule has 16 heavy (non-hydrogen) atoms. The van der Waals surface area contributed by atoms with Crippen LogP contribution in [0.1, 0.15) is 19.3 Å². The molecule has 0 aromatic rings. The van der Waals surface area contributed by atoms with E-state index < -0.39 is 0 Å². The molecule has 1 unspecified atom stereocenters. The number of ether oxygens (including phenoxy) is 1. The third-order valence-electron chi connectivity index (χ3n) is 3.38. The van der Waals surface area contributed by atoms with Crippen molar-refractivity contribution < 1.29 is 9.84 Å². The molecule has 1 aliphatic heterocycles. The molecule has 0 aromatic heterocycles. The van der Waals surface area contributed by atoms with Crippen LogP contribution in [0.5, 0.6) is 0 Å². The van der Waals surface area contributed by atoms with Gasteiger partial charge >= 0.3 is 0 Å². The number of β-amino-alcohol motifs (C(OH)–C–C–N with tert-alkyl or cyclic N) is 1. The molecule has 0 radical (unpaired) electrons. The first-order valence-corrected chi connectivity index (χ1v) is 6.53. The minimum absolute atomic E-state index is 0.239. The fourth-order valence-electron chi connectivity index (χ4n) is 2.13. The molecule has 2 aliphatic rings. The SMILES string of the molecule is OC(CNCCC1CC1)CN1CCOCC1. The normalized spacial score (nSPS) is 24.6. The maximum Gasteiger partial charge on any atom is 0.0791 e. The van der Waals surface area contributed by atoms with Gasteiger partial charge in [0.2, 0.25) is 0 Å². The number of morpholine rings is 1. The van der Waals surface area contributed by atoms with Gasteiger partial charge in [-0.3, -0.25) is 4.90 Å². The number of rotatable bonds is 7. The molecule has 1 atom stereocenters. The fraction of sp³-hybridized carbons (Fsp3) is 1.00. The van der Waals surface area contributed by atoms with Crippen LogP contribution in [0.25, 0.3) is 0 Å². The highest BCUT2D eigenvalue weighted by molar-refractivity contribution is 4.74. The van der Waals surface area contributed by atoms with E-state index in [4.69, 9.17) is 4.74 Å². The van der Waals surface area contributed by atoms with E-state index in [0.717, 1.165) is 51.9 Å². The lowest BCUT2D eigenvalue weighted by Crippen LogP contribution is -2.43. The largest absolute Gasteiger partial charge is 0.390 e. The van der Waals surface area contributed by atoms with Crippen molar-refractivity contribution in [3.05, 3.63) is 0 Å². The van der Waals surface area contributed by atoms with E-state index >= 15 is 0 Å². The smallest absolute Gasteiger partial charge is 0.0791 e. The molecule has 94 valence electrons. The number of hydrogen-bond donors (Lipinski definition) is 2. The number of aliphatic hydroxyl groups excluding tert-OH is 1. The summed E-state index contributed by atoms with van der Waals surface area (Å²) < 4.78 is 5.27. The Morgan fingerprint density at radius 1 is 1.31 bits per heavy atom. The molecule has 4 nitrogen and oxygen atoms in total. The molecule has 1 saturated heterocycles. The summed E-state index contributed by atoms with van der Waals surface area (Å²) in [6.07, 6.45) is 3.87. The summed E-state index contributed by atoms with van der Waals surface area (Å²) in [7, 11) is 0. The van der Waals surface area contributed by atoms with Crippen LogP contribution in [0.4, 0.5) is 0 Å². The minimum Gasteiger partial charge on any atom is -0.390 e. The van der Waals surface area contributed by atoms with Gasteiger partial charge in [0.05, 0.1) is 19.3 Å². The van der Waals surface area contributed by atoms with Crippen LogP contribution in [-0.4, -0.2) is 62.0 Å². The van der Waals surface area contributed by atoms with Gasteiger partial charge in [-0.25, -0.2) is 0 Å². The molecule has 0 amide bonds. The van der Waals surface area contributed by atoms with Crippen molar-refractivity contribution in [3.63, 3.8) is 0 Å². The second-order valence-corrected chi connectivity index (χ2v) is 5.00. The first-order chi connectivity index (χ1) is 7.84. The molecular formula is C12H24N2O2. The zero-order chi connectivity index (χ0) is 11.2. The van der Waals surface area contributed by atoms with Gasteiger partial charge < -0.3 is 15.2 Å². The monoisotopic (exact) mass is 228 g/mol. The highest BCUT2D eigenvalue weighted by atomic mass is 16.5. The van der Waals surface area contributed by atoms with Crippen LogP contribution in [0.2, 0.25) is 0 Å². The zero-order valence-electron chi connectivity index (χ0n) is 10.0. The van der Waals surface area contributed by atoms with Crippen LogP contribution in [-0.2, 0) is 4.74 Å². The Morgan fingerprint density at radius 3 is 2.75 bits per heavy atom. The zero-order valence-corrected chi connectivity index (χ0v) is 10.0.